The van der Waals surface area contributed by atoms with Crippen LogP contribution in [0.4, 0.5) is 0 Å². The van der Waals surface area contributed by atoms with E-state index < -0.39 is 0 Å². The molecule has 3 rings (SSSR count). The van der Waals surface area contributed by atoms with Gasteiger partial charge in [-0.3, -0.25) is 4.79 Å². The van der Waals surface area contributed by atoms with Crippen molar-refractivity contribution in [2.75, 3.05) is 7.11 Å². The van der Waals surface area contributed by atoms with E-state index in [9.17, 15) is 9.90 Å². The lowest BCUT2D eigenvalue weighted by Gasteiger charge is -2.23. The molecule has 5 heteroatoms. The lowest BCUT2D eigenvalue weighted by molar-refractivity contribution is 0.0784. The monoisotopic (exact) mass is 300 g/mol. The smallest absolute Gasteiger partial charge is 0.211 e. The molecular formula is C17H20N2O3. The summed E-state index contributed by atoms with van der Waals surface area (Å²) in [7, 11) is 1.71. The van der Waals surface area contributed by atoms with Crippen LogP contribution in [-0.2, 0) is 24.1 Å². The van der Waals surface area contributed by atoms with Gasteiger partial charge in [0.05, 0.1) is 11.8 Å². The van der Waals surface area contributed by atoms with Crippen LogP contribution in [0.5, 0.6) is 5.75 Å². The maximum Gasteiger partial charge on any atom is 0.211 e. The zero-order valence-corrected chi connectivity index (χ0v) is 12.9. The van der Waals surface area contributed by atoms with E-state index in [-0.39, 0.29) is 17.6 Å². The zero-order chi connectivity index (χ0) is 15.7. The van der Waals surface area contributed by atoms with Gasteiger partial charge in [-0.2, -0.15) is 0 Å². The molecule has 0 spiro atoms. The van der Waals surface area contributed by atoms with Gasteiger partial charge in [0.2, 0.25) is 5.78 Å². The van der Waals surface area contributed by atoms with E-state index in [1.165, 1.54) is 12.1 Å². The summed E-state index contributed by atoms with van der Waals surface area (Å²) in [4.78, 5) is 17.5. The number of ether oxygens (including phenoxy) is 1. The van der Waals surface area contributed by atoms with Gasteiger partial charge in [0, 0.05) is 25.6 Å². The molecule has 1 aliphatic heterocycles. The van der Waals surface area contributed by atoms with Crippen molar-refractivity contribution in [3.63, 3.8) is 0 Å². The summed E-state index contributed by atoms with van der Waals surface area (Å²) in [5, 5.41) is 9.38. The maximum absolute atomic E-state index is 12.8. The molecular weight excluding hydrogens is 280 g/mol. The van der Waals surface area contributed by atoms with Gasteiger partial charge in [-0.15, -0.1) is 0 Å². The molecule has 0 fully saturated rings. The van der Waals surface area contributed by atoms with Gasteiger partial charge in [-0.05, 0) is 37.1 Å². The number of phenols is 1. The number of nitrogens with zero attached hydrogens (tertiary/aromatic N) is 2. The van der Waals surface area contributed by atoms with Crippen molar-refractivity contribution in [2.24, 2.45) is 0 Å². The first-order valence-electron chi connectivity index (χ1n) is 7.58. The summed E-state index contributed by atoms with van der Waals surface area (Å²) >= 11 is 0. The van der Waals surface area contributed by atoms with Crippen LogP contribution in [0.3, 0.4) is 0 Å². The summed E-state index contributed by atoms with van der Waals surface area (Å²) in [6, 6.07) is 6.37. The maximum atomic E-state index is 12.8. The quantitative estimate of drug-likeness (QED) is 0.880. The first-order valence-corrected chi connectivity index (χ1v) is 7.58. The molecule has 0 bridgehead atoms. The number of imidazole rings is 1. The van der Waals surface area contributed by atoms with Crippen molar-refractivity contribution in [2.45, 2.75) is 38.8 Å². The second-order valence-corrected chi connectivity index (χ2v) is 5.56. The molecule has 0 aliphatic carbocycles. The summed E-state index contributed by atoms with van der Waals surface area (Å²) < 4.78 is 7.45. The lowest BCUT2D eigenvalue weighted by Crippen LogP contribution is -2.27. The van der Waals surface area contributed by atoms with E-state index in [1.54, 1.807) is 19.2 Å². The Balaban J connectivity index is 2.01. The molecule has 2 aromatic rings. The van der Waals surface area contributed by atoms with Crippen molar-refractivity contribution in [3.8, 4) is 5.75 Å². The lowest BCUT2D eigenvalue weighted by atomic mass is 10.0. The minimum Gasteiger partial charge on any atom is -0.508 e. The normalized spacial score (nSPS) is 17.3. The number of ketones is 1. The average Bonchev–Trinajstić information content (AvgIpc) is 2.92. The van der Waals surface area contributed by atoms with Gasteiger partial charge >= 0.3 is 0 Å². The molecule has 5 nitrogen and oxygen atoms in total. The van der Waals surface area contributed by atoms with E-state index in [0.29, 0.717) is 11.3 Å². The molecule has 0 radical (unpaired) electrons. The van der Waals surface area contributed by atoms with Crippen molar-refractivity contribution >= 4 is 5.78 Å². The highest BCUT2D eigenvalue weighted by Crippen LogP contribution is 2.24. The highest BCUT2D eigenvalue weighted by atomic mass is 16.5. The minimum absolute atomic E-state index is 0.0357. The Labute approximate surface area is 129 Å². The zero-order valence-electron chi connectivity index (χ0n) is 12.9. The summed E-state index contributed by atoms with van der Waals surface area (Å²) in [5.74, 6) is 1.05. The molecule has 0 amide bonds. The van der Waals surface area contributed by atoms with Gasteiger partial charge in [0.15, 0.2) is 0 Å². The second-order valence-electron chi connectivity index (χ2n) is 5.56. The van der Waals surface area contributed by atoms with Gasteiger partial charge in [0.1, 0.15) is 17.3 Å². The van der Waals surface area contributed by atoms with Crippen LogP contribution in [0.15, 0.2) is 24.3 Å². The second kappa shape index (κ2) is 5.93. The van der Waals surface area contributed by atoms with E-state index in [2.05, 4.69) is 4.98 Å². The first kappa shape index (κ1) is 14.8. The predicted molar refractivity (Wildman–Crippen MR) is 82.3 cm³/mol. The number of hydrogen-bond acceptors (Lipinski definition) is 4. The van der Waals surface area contributed by atoms with Crippen molar-refractivity contribution in [1.82, 2.24) is 9.55 Å². The number of fused-ring (bicyclic) bond motifs is 1. The number of carbonyl (C=O) groups is 1. The third kappa shape index (κ3) is 2.52. The number of phenolic OH excluding ortho intramolecular Hbond substituents is 1. The Morgan fingerprint density at radius 3 is 2.77 bits per heavy atom. The Morgan fingerprint density at radius 1 is 1.41 bits per heavy atom. The number of aromatic hydroxyl groups is 1. The molecule has 22 heavy (non-hydrogen) atoms. The largest absolute Gasteiger partial charge is 0.508 e. The minimum atomic E-state index is -0.0357. The number of methoxy groups -OCH3 is 1. The van der Waals surface area contributed by atoms with E-state index in [0.717, 1.165) is 37.3 Å². The molecule has 1 aromatic heterocycles. The van der Waals surface area contributed by atoms with Crippen molar-refractivity contribution in [3.05, 3.63) is 47.0 Å². The number of aromatic nitrogens is 2. The molecule has 1 unspecified atom stereocenters. The SMILES string of the molecule is CCc1nc2n(c1C(=O)c1ccc(O)cc1)CCC(OC)C2. The van der Waals surface area contributed by atoms with Crippen LogP contribution >= 0.6 is 0 Å². The molecule has 2 heterocycles. The number of aryl methyl sites for hydroxylation is 1. The van der Waals surface area contributed by atoms with E-state index in [4.69, 9.17) is 4.74 Å². The summed E-state index contributed by atoms with van der Waals surface area (Å²) in [6.45, 7) is 2.76. The Morgan fingerprint density at radius 2 is 2.14 bits per heavy atom. The van der Waals surface area contributed by atoms with Crippen LogP contribution in [0, 0.1) is 0 Å². The van der Waals surface area contributed by atoms with Crippen LogP contribution in [-0.4, -0.2) is 33.7 Å². The predicted octanol–water partition coefficient (Wildman–Crippen LogP) is 2.34. The summed E-state index contributed by atoms with van der Waals surface area (Å²) in [5.41, 5.74) is 2.09. The Bertz CT molecular complexity index is 689. The Hall–Kier alpha value is -2.14. The molecule has 0 saturated heterocycles. The van der Waals surface area contributed by atoms with Crippen LogP contribution < -0.4 is 0 Å². The molecule has 116 valence electrons. The van der Waals surface area contributed by atoms with Gasteiger partial charge < -0.3 is 14.4 Å². The third-order valence-electron chi connectivity index (χ3n) is 4.22. The van der Waals surface area contributed by atoms with Gasteiger partial charge in [-0.25, -0.2) is 4.98 Å². The highest BCUT2D eigenvalue weighted by Gasteiger charge is 2.28. The van der Waals surface area contributed by atoms with E-state index >= 15 is 0 Å². The van der Waals surface area contributed by atoms with Crippen molar-refractivity contribution in [1.29, 1.82) is 0 Å². The number of carbonyl (C=O) groups excluding carboxylic acids is 1. The van der Waals surface area contributed by atoms with E-state index in [1.807, 2.05) is 11.5 Å². The van der Waals surface area contributed by atoms with Gasteiger partial charge in [-0.1, -0.05) is 6.92 Å². The Kier molecular flexibility index (Phi) is 3.98. The fraction of sp³-hybridized carbons (Fsp3) is 0.412. The third-order valence-corrected chi connectivity index (χ3v) is 4.22. The van der Waals surface area contributed by atoms with Crippen LogP contribution in [0.1, 0.15) is 40.9 Å². The molecule has 1 atom stereocenters. The van der Waals surface area contributed by atoms with Gasteiger partial charge in [0.25, 0.3) is 0 Å². The van der Waals surface area contributed by atoms with Crippen LogP contribution in [0.25, 0.3) is 0 Å². The molecule has 1 N–H and O–H groups in total. The number of rotatable bonds is 4. The fourth-order valence-electron chi connectivity index (χ4n) is 2.98. The first-order chi connectivity index (χ1) is 10.6. The highest BCUT2D eigenvalue weighted by molar-refractivity contribution is 6.08. The number of benzene rings is 1. The average molecular weight is 300 g/mol. The fourth-order valence-corrected chi connectivity index (χ4v) is 2.98. The number of hydrogen-bond donors (Lipinski definition) is 1. The summed E-state index contributed by atoms with van der Waals surface area (Å²) in [6.07, 6.45) is 2.53. The topological polar surface area (TPSA) is 64.4 Å². The van der Waals surface area contributed by atoms with Crippen molar-refractivity contribution < 1.29 is 14.6 Å². The van der Waals surface area contributed by atoms with Crippen LogP contribution in [0.2, 0.25) is 0 Å². The molecule has 1 aliphatic rings. The standard InChI is InChI=1S/C17H20N2O3/c1-3-14-16(17(21)11-4-6-12(20)7-5-11)19-9-8-13(22-2)10-15(19)18-14/h4-7,13,20H,3,8-10H2,1-2H3. The molecule has 0 saturated carbocycles. The molecule has 1 aromatic carbocycles.